The molecule has 2 aromatic carbocycles. The first-order valence-electron chi connectivity index (χ1n) is 6.59. The van der Waals surface area contributed by atoms with Gasteiger partial charge in [0.1, 0.15) is 5.75 Å². The molecule has 2 rings (SSSR count). The summed E-state index contributed by atoms with van der Waals surface area (Å²) >= 11 is 3.30. The Kier molecular flexibility index (Phi) is 5.87. The van der Waals surface area contributed by atoms with Crippen LogP contribution in [0.5, 0.6) is 5.75 Å². The van der Waals surface area contributed by atoms with E-state index in [2.05, 4.69) is 26.5 Å². The highest BCUT2D eigenvalue weighted by Crippen LogP contribution is 2.15. The predicted molar refractivity (Wildman–Crippen MR) is 88.8 cm³/mol. The molecule has 118 valence electrons. The van der Waals surface area contributed by atoms with E-state index in [1.165, 1.54) is 6.21 Å². The number of carbonyl (C=O) groups is 2. The molecule has 2 N–H and O–H groups in total. The highest BCUT2D eigenvalue weighted by atomic mass is 79.9. The third kappa shape index (κ3) is 5.23. The molecule has 0 atom stereocenters. The zero-order chi connectivity index (χ0) is 16.7. The van der Waals surface area contributed by atoms with Gasteiger partial charge in [0.2, 0.25) is 0 Å². The second-order valence-electron chi connectivity index (χ2n) is 4.43. The average Bonchev–Trinajstić information content (AvgIpc) is 2.54. The van der Waals surface area contributed by atoms with E-state index in [1.54, 1.807) is 42.5 Å². The molecule has 1 amide bonds. The summed E-state index contributed by atoms with van der Waals surface area (Å²) in [5, 5.41) is 12.4. The zero-order valence-electron chi connectivity index (χ0n) is 11.9. The van der Waals surface area contributed by atoms with Gasteiger partial charge in [-0.15, -0.1) is 0 Å². The van der Waals surface area contributed by atoms with Gasteiger partial charge in [-0.2, -0.15) is 5.10 Å². The fourth-order valence-corrected chi connectivity index (χ4v) is 2.13. The summed E-state index contributed by atoms with van der Waals surface area (Å²) in [6.45, 7) is -0.393. The van der Waals surface area contributed by atoms with Crippen molar-refractivity contribution in [3.05, 3.63) is 64.1 Å². The summed E-state index contributed by atoms with van der Waals surface area (Å²) in [5.41, 5.74) is 3.66. The molecule has 0 heterocycles. The van der Waals surface area contributed by atoms with Crippen LogP contribution in [-0.4, -0.2) is 29.8 Å². The van der Waals surface area contributed by atoms with Crippen LogP contribution in [-0.2, 0) is 4.79 Å². The first-order valence-corrected chi connectivity index (χ1v) is 7.38. The largest absolute Gasteiger partial charge is 0.482 e. The van der Waals surface area contributed by atoms with Gasteiger partial charge in [-0.1, -0.05) is 12.1 Å². The van der Waals surface area contributed by atoms with Crippen LogP contribution in [0.4, 0.5) is 0 Å². The number of nitrogens with zero attached hydrogens (tertiary/aromatic N) is 1. The SMILES string of the molecule is O=C(O)COc1ccc(/C=N\NC(=O)c2ccccc2Br)cc1. The summed E-state index contributed by atoms with van der Waals surface area (Å²) in [7, 11) is 0. The minimum absolute atomic E-state index is 0.324. The van der Waals surface area contributed by atoms with Crippen molar-refractivity contribution in [3.63, 3.8) is 0 Å². The van der Waals surface area contributed by atoms with Gasteiger partial charge >= 0.3 is 5.97 Å². The second kappa shape index (κ2) is 8.09. The van der Waals surface area contributed by atoms with E-state index in [9.17, 15) is 9.59 Å². The maximum absolute atomic E-state index is 11.9. The normalized spacial score (nSPS) is 10.5. The van der Waals surface area contributed by atoms with Gasteiger partial charge in [0.05, 0.1) is 11.8 Å². The summed E-state index contributed by atoms with van der Waals surface area (Å²) in [6, 6.07) is 13.7. The molecular formula is C16H13BrN2O4. The van der Waals surface area contributed by atoms with Crippen molar-refractivity contribution in [2.75, 3.05) is 6.61 Å². The van der Waals surface area contributed by atoms with Crippen LogP contribution >= 0.6 is 15.9 Å². The number of carboxylic acids is 1. The number of hydrogen-bond acceptors (Lipinski definition) is 4. The quantitative estimate of drug-likeness (QED) is 0.599. The number of amides is 1. The molecule has 0 spiro atoms. The number of carboxylic acid groups (broad SMARTS) is 1. The molecule has 0 radical (unpaired) electrons. The van der Waals surface area contributed by atoms with Crippen LogP contribution in [0, 0.1) is 0 Å². The number of ether oxygens (including phenoxy) is 1. The number of aliphatic carboxylic acids is 1. The molecule has 0 saturated carbocycles. The number of benzene rings is 2. The van der Waals surface area contributed by atoms with Crippen molar-refractivity contribution >= 4 is 34.0 Å². The Bertz CT molecular complexity index is 729. The van der Waals surface area contributed by atoms with Gasteiger partial charge in [0.25, 0.3) is 5.91 Å². The van der Waals surface area contributed by atoms with Gasteiger partial charge in [-0.05, 0) is 57.9 Å². The summed E-state index contributed by atoms with van der Waals surface area (Å²) in [5.74, 6) is -0.914. The molecule has 2 aromatic rings. The molecule has 7 heteroatoms. The average molecular weight is 377 g/mol. The predicted octanol–water partition coefficient (Wildman–Crippen LogP) is 2.68. The van der Waals surface area contributed by atoms with Crippen molar-refractivity contribution in [3.8, 4) is 5.75 Å². The van der Waals surface area contributed by atoms with Gasteiger partial charge in [0, 0.05) is 4.47 Å². The molecule has 23 heavy (non-hydrogen) atoms. The Morgan fingerprint density at radius 1 is 1.17 bits per heavy atom. The zero-order valence-corrected chi connectivity index (χ0v) is 13.5. The molecule has 0 bridgehead atoms. The molecule has 0 aliphatic rings. The first-order chi connectivity index (χ1) is 11.1. The molecular weight excluding hydrogens is 364 g/mol. The summed E-state index contributed by atoms with van der Waals surface area (Å²) < 4.78 is 5.70. The van der Waals surface area contributed by atoms with E-state index in [4.69, 9.17) is 9.84 Å². The van der Waals surface area contributed by atoms with Gasteiger partial charge < -0.3 is 9.84 Å². The van der Waals surface area contributed by atoms with Crippen LogP contribution in [0.2, 0.25) is 0 Å². The van der Waals surface area contributed by atoms with Gasteiger partial charge in [0.15, 0.2) is 6.61 Å². The molecule has 6 nitrogen and oxygen atoms in total. The van der Waals surface area contributed by atoms with Crippen LogP contribution in [0.1, 0.15) is 15.9 Å². The van der Waals surface area contributed by atoms with Crippen LogP contribution < -0.4 is 10.2 Å². The maximum atomic E-state index is 11.9. The Balaban J connectivity index is 1.92. The smallest absolute Gasteiger partial charge is 0.341 e. The molecule has 0 unspecified atom stereocenters. The Hall–Kier alpha value is -2.67. The van der Waals surface area contributed by atoms with Crippen molar-refractivity contribution < 1.29 is 19.4 Å². The Morgan fingerprint density at radius 2 is 1.87 bits per heavy atom. The van der Waals surface area contributed by atoms with E-state index in [1.807, 2.05) is 6.07 Å². The first kappa shape index (κ1) is 16.7. The van der Waals surface area contributed by atoms with E-state index in [-0.39, 0.29) is 5.91 Å². The fraction of sp³-hybridized carbons (Fsp3) is 0.0625. The lowest BCUT2D eigenvalue weighted by atomic mass is 10.2. The standard InChI is InChI=1S/C16H13BrN2O4/c17-14-4-2-1-3-13(14)16(22)19-18-9-11-5-7-12(8-6-11)23-10-15(20)21/h1-9H,10H2,(H,19,22)(H,20,21)/b18-9-. The number of rotatable bonds is 6. The van der Waals surface area contributed by atoms with E-state index < -0.39 is 12.6 Å². The lowest BCUT2D eigenvalue weighted by Crippen LogP contribution is -2.18. The minimum Gasteiger partial charge on any atom is -0.482 e. The number of carbonyl (C=O) groups excluding carboxylic acids is 1. The van der Waals surface area contributed by atoms with E-state index in [0.29, 0.717) is 15.8 Å². The van der Waals surface area contributed by atoms with Gasteiger partial charge in [-0.3, -0.25) is 4.79 Å². The number of nitrogens with one attached hydrogen (secondary N) is 1. The Labute approximate surface area is 140 Å². The molecule has 0 aromatic heterocycles. The topological polar surface area (TPSA) is 88.0 Å². The van der Waals surface area contributed by atoms with Crippen molar-refractivity contribution in [1.82, 2.24) is 5.43 Å². The third-order valence-electron chi connectivity index (χ3n) is 2.74. The molecule has 0 fully saturated rings. The maximum Gasteiger partial charge on any atom is 0.341 e. The minimum atomic E-state index is -1.04. The third-order valence-corrected chi connectivity index (χ3v) is 3.43. The van der Waals surface area contributed by atoms with Crippen LogP contribution in [0.15, 0.2) is 58.1 Å². The highest BCUT2D eigenvalue weighted by Gasteiger charge is 2.07. The number of hydrazone groups is 1. The van der Waals surface area contributed by atoms with E-state index in [0.717, 1.165) is 5.56 Å². The lowest BCUT2D eigenvalue weighted by Gasteiger charge is -2.03. The van der Waals surface area contributed by atoms with Gasteiger partial charge in [-0.25, -0.2) is 10.2 Å². The molecule has 0 aliphatic heterocycles. The molecule has 0 saturated heterocycles. The summed E-state index contributed by atoms with van der Waals surface area (Å²) in [4.78, 5) is 22.3. The highest BCUT2D eigenvalue weighted by molar-refractivity contribution is 9.10. The number of hydrogen-bond donors (Lipinski definition) is 2. The lowest BCUT2D eigenvalue weighted by molar-refractivity contribution is -0.139. The summed E-state index contributed by atoms with van der Waals surface area (Å²) in [6.07, 6.45) is 1.48. The fourth-order valence-electron chi connectivity index (χ4n) is 1.67. The van der Waals surface area contributed by atoms with Crippen LogP contribution in [0.3, 0.4) is 0 Å². The van der Waals surface area contributed by atoms with Crippen molar-refractivity contribution in [1.29, 1.82) is 0 Å². The molecule has 0 aliphatic carbocycles. The van der Waals surface area contributed by atoms with Crippen LogP contribution in [0.25, 0.3) is 0 Å². The Morgan fingerprint density at radius 3 is 2.52 bits per heavy atom. The van der Waals surface area contributed by atoms with Crippen molar-refractivity contribution in [2.45, 2.75) is 0 Å². The monoisotopic (exact) mass is 376 g/mol. The van der Waals surface area contributed by atoms with E-state index >= 15 is 0 Å². The van der Waals surface area contributed by atoms with Crippen molar-refractivity contribution in [2.24, 2.45) is 5.10 Å². The second-order valence-corrected chi connectivity index (χ2v) is 5.28. The number of halogens is 1.